The fourth-order valence-electron chi connectivity index (χ4n) is 3.10. The molecule has 1 atom stereocenters. The van der Waals surface area contributed by atoms with Crippen LogP contribution in [0.25, 0.3) is 0 Å². The zero-order chi connectivity index (χ0) is 14.8. The van der Waals surface area contributed by atoms with E-state index in [1.165, 1.54) is 16.7 Å². The van der Waals surface area contributed by atoms with Gasteiger partial charge in [0.2, 0.25) is 5.24 Å². The van der Waals surface area contributed by atoms with Crippen molar-refractivity contribution in [1.29, 1.82) is 0 Å². The number of hydrogen-bond donors (Lipinski definition) is 0. The van der Waals surface area contributed by atoms with Crippen LogP contribution in [0.3, 0.4) is 0 Å². The number of carbonyl (C=O) groups excluding carboxylic acids is 1. The van der Waals surface area contributed by atoms with Crippen LogP contribution < -0.4 is 0 Å². The summed E-state index contributed by atoms with van der Waals surface area (Å²) in [5, 5.41) is -0.314. The SMILES string of the molecule is CN1Cc2ccccc2[C@H](c2ccc(CC(=O)Cl)cc2)C1. The molecule has 0 aromatic heterocycles. The summed E-state index contributed by atoms with van der Waals surface area (Å²) in [7, 11) is 2.16. The van der Waals surface area contributed by atoms with Crippen LogP contribution in [0.15, 0.2) is 48.5 Å². The topological polar surface area (TPSA) is 20.3 Å². The molecule has 0 bridgehead atoms. The smallest absolute Gasteiger partial charge is 0.226 e. The van der Waals surface area contributed by atoms with Gasteiger partial charge in [-0.05, 0) is 40.9 Å². The number of fused-ring (bicyclic) bond motifs is 1. The summed E-state index contributed by atoms with van der Waals surface area (Å²) in [6.07, 6.45) is 0.295. The molecule has 2 aromatic carbocycles. The highest BCUT2D eigenvalue weighted by Crippen LogP contribution is 2.32. The quantitative estimate of drug-likeness (QED) is 0.808. The van der Waals surface area contributed by atoms with Crippen molar-refractivity contribution < 1.29 is 4.79 Å². The van der Waals surface area contributed by atoms with Crippen molar-refractivity contribution in [3.05, 3.63) is 70.8 Å². The number of hydrogen-bond acceptors (Lipinski definition) is 2. The van der Waals surface area contributed by atoms with Crippen LogP contribution in [-0.2, 0) is 17.8 Å². The predicted molar refractivity (Wildman–Crippen MR) is 85.6 cm³/mol. The molecular weight excluding hydrogens is 282 g/mol. The van der Waals surface area contributed by atoms with Gasteiger partial charge < -0.3 is 4.90 Å². The second-order valence-electron chi connectivity index (χ2n) is 5.72. The molecule has 21 heavy (non-hydrogen) atoms. The van der Waals surface area contributed by atoms with Gasteiger partial charge in [-0.1, -0.05) is 48.5 Å². The van der Waals surface area contributed by atoms with Gasteiger partial charge in [0, 0.05) is 25.4 Å². The summed E-state index contributed by atoms with van der Waals surface area (Å²) in [5.74, 6) is 0.390. The molecule has 2 nitrogen and oxygen atoms in total. The summed E-state index contributed by atoms with van der Waals surface area (Å²) in [6, 6.07) is 16.9. The van der Waals surface area contributed by atoms with Crippen LogP contribution in [-0.4, -0.2) is 23.7 Å². The summed E-state index contributed by atoms with van der Waals surface area (Å²) in [4.78, 5) is 13.3. The van der Waals surface area contributed by atoms with Gasteiger partial charge in [-0.2, -0.15) is 0 Å². The van der Waals surface area contributed by atoms with Gasteiger partial charge in [0.25, 0.3) is 0 Å². The molecule has 0 N–H and O–H groups in total. The van der Waals surface area contributed by atoms with E-state index in [0.717, 1.165) is 18.7 Å². The van der Waals surface area contributed by atoms with E-state index in [2.05, 4.69) is 48.3 Å². The van der Waals surface area contributed by atoms with E-state index in [9.17, 15) is 4.79 Å². The molecule has 0 spiro atoms. The highest BCUT2D eigenvalue weighted by Gasteiger charge is 2.24. The highest BCUT2D eigenvalue weighted by atomic mass is 35.5. The van der Waals surface area contributed by atoms with Crippen molar-refractivity contribution in [2.75, 3.05) is 13.6 Å². The maximum atomic E-state index is 11.0. The molecule has 1 heterocycles. The molecule has 0 unspecified atom stereocenters. The first-order chi connectivity index (χ1) is 10.1. The van der Waals surface area contributed by atoms with E-state index >= 15 is 0 Å². The molecule has 0 aliphatic carbocycles. The van der Waals surface area contributed by atoms with Gasteiger partial charge in [-0.15, -0.1) is 0 Å². The third kappa shape index (κ3) is 3.17. The molecule has 0 amide bonds. The van der Waals surface area contributed by atoms with Crippen molar-refractivity contribution in [3.8, 4) is 0 Å². The third-order valence-corrected chi connectivity index (χ3v) is 4.22. The van der Waals surface area contributed by atoms with Gasteiger partial charge in [0.1, 0.15) is 0 Å². The first kappa shape index (κ1) is 14.3. The molecule has 0 fully saturated rings. The molecule has 0 saturated carbocycles. The Balaban J connectivity index is 1.91. The van der Waals surface area contributed by atoms with Gasteiger partial charge in [-0.3, -0.25) is 4.79 Å². The molecule has 108 valence electrons. The van der Waals surface area contributed by atoms with Crippen molar-refractivity contribution >= 4 is 16.8 Å². The molecule has 0 saturated heterocycles. The summed E-state index contributed by atoms with van der Waals surface area (Å²) in [6.45, 7) is 2.02. The number of likely N-dealkylation sites (N-methyl/N-ethyl adjacent to an activating group) is 1. The first-order valence-electron chi connectivity index (χ1n) is 7.17. The Labute approximate surface area is 130 Å². The monoisotopic (exact) mass is 299 g/mol. The van der Waals surface area contributed by atoms with Crippen LogP contribution in [0, 0.1) is 0 Å². The van der Waals surface area contributed by atoms with Crippen molar-refractivity contribution in [2.24, 2.45) is 0 Å². The van der Waals surface area contributed by atoms with E-state index in [4.69, 9.17) is 11.6 Å². The average Bonchev–Trinajstić information content (AvgIpc) is 2.46. The molecule has 3 heteroatoms. The standard InChI is InChI=1S/C18H18ClNO/c1-20-11-15-4-2-3-5-16(15)17(12-20)14-8-6-13(7-9-14)10-18(19)21/h2-9,17H,10-12H2,1H3/t17-/m0/s1. The van der Waals surface area contributed by atoms with E-state index < -0.39 is 0 Å². The van der Waals surface area contributed by atoms with Crippen molar-refractivity contribution in [1.82, 2.24) is 4.90 Å². The summed E-state index contributed by atoms with van der Waals surface area (Å²) >= 11 is 5.44. The minimum absolute atomic E-state index is 0.295. The molecule has 1 aliphatic rings. The first-order valence-corrected chi connectivity index (χ1v) is 7.55. The van der Waals surface area contributed by atoms with Crippen LogP contribution >= 0.6 is 11.6 Å². The number of nitrogens with zero attached hydrogens (tertiary/aromatic N) is 1. The minimum atomic E-state index is -0.314. The van der Waals surface area contributed by atoms with Crippen LogP contribution in [0.1, 0.15) is 28.2 Å². The maximum absolute atomic E-state index is 11.0. The van der Waals surface area contributed by atoms with Gasteiger partial charge in [0.15, 0.2) is 0 Å². The normalized spacial score (nSPS) is 18.3. The van der Waals surface area contributed by atoms with E-state index in [1.54, 1.807) is 0 Å². The Morgan fingerprint density at radius 2 is 1.90 bits per heavy atom. The Kier molecular flexibility index (Phi) is 4.09. The molecule has 3 rings (SSSR count). The Morgan fingerprint density at radius 1 is 1.19 bits per heavy atom. The van der Waals surface area contributed by atoms with E-state index in [-0.39, 0.29) is 5.24 Å². The lowest BCUT2D eigenvalue weighted by Gasteiger charge is -2.32. The Morgan fingerprint density at radius 3 is 2.62 bits per heavy atom. The van der Waals surface area contributed by atoms with Crippen molar-refractivity contribution in [2.45, 2.75) is 18.9 Å². The minimum Gasteiger partial charge on any atom is -0.301 e. The molecule has 1 aliphatic heterocycles. The Hall–Kier alpha value is -1.64. The van der Waals surface area contributed by atoms with Gasteiger partial charge >= 0.3 is 0 Å². The lowest BCUT2D eigenvalue weighted by Crippen LogP contribution is -2.30. The van der Waals surface area contributed by atoms with Gasteiger partial charge in [0.05, 0.1) is 0 Å². The fourth-order valence-corrected chi connectivity index (χ4v) is 3.25. The van der Waals surface area contributed by atoms with E-state index in [0.29, 0.717) is 12.3 Å². The highest BCUT2D eigenvalue weighted by molar-refractivity contribution is 6.63. The molecular formula is C18H18ClNO. The predicted octanol–water partition coefficient (Wildman–Crippen LogP) is 3.57. The zero-order valence-electron chi connectivity index (χ0n) is 12.1. The zero-order valence-corrected chi connectivity index (χ0v) is 12.8. The largest absolute Gasteiger partial charge is 0.301 e. The summed E-state index contributed by atoms with van der Waals surface area (Å²) < 4.78 is 0. The van der Waals surface area contributed by atoms with Gasteiger partial charge in [-0.25, -0.2) is 0 Å². The lowest BCUT2D eigenvalue weighted by molar-refractivity contribution is -0.111. The second kappa shape index (κ2) is 6.00. The number of rotatable bonds is 3. The number of carbonyl (C=O) groups is 1. The number of halogens is 1. The van der Waals surface area contributed by atoms with Crippen molar-refractivity contribution in [3.63, 3.8) is 0 Å². The molecule has 0 radical (unpaired) electrons. The second-order valence-corrected chi connectivity index (χ2v) is 6.14. The van der Waals surface area contributed by atoms with E-state index in [1.807, 2.05) is 12.1 Å². The number of benzene rings is 2. The molecule has 2 aromatic rings. The average molecular weight is 300 g/mol. The lowest BCUT2D eigenvalue weighted by atomic mass is 9.84. The Bertz CT molecular complexity index is 651. The van der Waals surface area contributed by atoms with Crippen LogP contribution in [0.2, 0.25) is 0 Å². The maximum Gasteiger partial charge on any atom is 0.226 e. The van der Waals surface area contributed by atoms with Crippen LogP contribution in [0.5, 0.6) is 0 Å². The van der Waals surface area contributed by atoms with Crippen LogP contribution in [0.4, 0.5) is 0 Å². The fraction of sp³-hybridized carbons (Fsp3) is 0.278. The summed E-state index contributed by atoms with van der Waals surface area (Å²) in [5.41, 5.74) is 5.07. The third-order valence-electron chi connectivity index (χ3n) is 4.09.